The van der Waals surface area contributed by atoms with Crippen molar-refractivity contribution in [2.45, 2.75) is 39.5 Å². The first-order chi connectivity index (χ1) is 14.5. The van der Waals surface area contributed by atoms with Crippen LogP contribution in [0.15, 0.2) is 30.3 Å². The average molecular weight is 408 g/mol. The monoisotopic (exact) mass is 407 g/mol. The molecule has 0 spiro atoms. The van der Waals surface area contributed by atoms with E-state index in [2.05, 4.69) is 42.8 Å². The molecule has 5 nitrogen and oxygen atoms in total. The van der Waals surface area contributed by atoms with Crippen LogP contribution in [0.25, 0.3) is 10.8 Å². The Bertz CT molecular complexity index is 925. The highest BCUT2D eigenvalue weighted by Gasteiger charge is 2.34. The molecule has 30 heavy (non-hydrogen) atoms. The van der Waals surface area contributed by atoms with Crippen molar-refractivity contribution in [3.63, 3.8) is 0 Å². The molecule has 0 aromatic heterocycles. The van der Waals surface area contributed by atoms with Crippen LogP contribution >= 0.6 is 0 Å². The Morgan fingerprint density at radius 3 is 2.30 bits per heavy atom. The Hall–Kier alpha value is -2.40. The van der Waals surface area contributed by atoms with E-state index in [1.807, 2.05) is 18.2 Å². The quantitative estimate of drug-likeness (QED) is 0.638. The number of unbranched alkanes of at least 4 members (excludes halogenated alkanes) is 1. The fourth-order valence-electron chi connectivity index (χ4n) is 4.80. The van der Waals surface area contributed by atoms with E-state index in [0.717, 1.165) is 68.3 Å². The molecule has 1 atom stereocenters. The Morgan fingerprint density at radius 1 is 0.933 bits per heavy atom. The number of likely N-dealkylation sites (N-methyl/N-ethyl adjacent to an activating group) is 1. The highest BCUT2D eigenvalue weighted by Crippen LogP contribution is 2.36. The Labute approximate surface area is 179 Å². The zero-order chi connectivity index (χ0) is 21.3. The lowest BCUT2D eigenvalue weighted by Crippen LogP contribution is -2.45. The van der Waals surface area contributed by atoms with Crippen LogP contribution in [0, 0.1) is 5.92 Å². The van der Waals surface area contributed by atoms with Gasteiger partial charge in [0, 0.05) is 60.3 Å². The summed E-state index contributed by atoms with van der Waals surface area (Å²) in [6.07, 6.45) is 4.31. The Kier molecular flexibility index (Phi) is 6.09. The van der Waals surface area contributed by atoms with Gasteiger partial charge in [-0.2, -0.15) is 0 Å². The first-order valence-electron chi connectivity index (χ1n) is 11.4. The molecule has 0 bridgehead atoms. The SMILES string of the molecule is CCCCC(CC)CN1C(=O)c2cccc3c(N4CCN(C)CC4)ccc(c23)C1=O. The van der Waals surface area contributed by atoms with Crippen molar-refractivity contribution >= 4 is 28.3 Å². The summed E-state index contributed by atoms with van der Waals surface area (Å²) < 4.78 is 0. The molecule has 1 saturated heterocycles. The largest absolute Gasteiger partial charge is 0.368 e. The van der Waals surface area contributed by atoms with Crippen LogP contribution in [0.4, 0.5) is 5.69 Å². The smallest absolute Gasteiger partial charge is 0.261 e. The molecule has 2 aliphatic rings. The van der Waals surface area contributed by atoms with E-state index in [0.29, 0.717) is 23.6 Å². The third-order valence-electron chi connectivity index (χ3n) is 6.80. The summed E-state index contributed by atoms with van der Waals surface area (Å²) in [4.78, 5) is 32.9. The Balaban J connectivity index is 1.70. The highest BCUT2D eigenvalue weighted by atomic mass is 16.2. The fourth-order valence-corrected chi connectivity index (χ4v) is 4.80. The van der Waals surface area contributed by atoms with Crippen molar-refractivity contribution in [2.24, 2.45) is 5.92 Å². The molecular weight excluding hydrogens is 374 g/mol. The summed E-state index contributed by atoms with van der Waals surface area (Å²) in [5.41, 5.74) is 2.47. The van der Waals surface area contributed by atoms with Gasteiger partial charge in [0.25, 0.3) is 11.8 Å². The molecule has 2 aliphatic heterocycles. The highest BCUT2D eigenvalue weighted by molar-refractivity contribution is 6.26. The molecule has 0 aliphatic carbocycles. The number of rotatable bonds is 7. The maximum absolute atomic E-state index is 13.4. The number of benzene rings is 2. The average Bonchev–Trinajstić information content (AvgIpc) is 2.77. The van der Waals surface area contributed by atoms with Gasteiger partial charge >= 0.3 is 0 Å². The van der Waals surface area contributed by atoms with Crippen LogP contribution in [0.3, 0.4) is 0 Å². The van der Waals surface area contributed by atoms with E-state index in [9.17, 15) is 9.59 Å². The van der Waals surface area contributed by atoms with Crippen LogP contribution < -0.4 is 4.90 Å². The van der Waals surface area contributed by atoms with Crippen LogP contribution in [0.2, 0.25) is 0 Å². The third kappa shape index (κ3) is 3.71. The third-order valence-corrected chi connectivity index (χ3v) is 6.80. The summed E-state index contributed by atoms with van der Waals surface area (Å²) in [6.45, 7) is 8.80. The number of hydrogen-bond donors (Lipinski definition) is 0. The van der Waals surface area contributed by atoms with Gasteiger partial charge < -0.3 is 9.80 Å². The van der Waals surface area contributed by atoms with Gasteiger partial charge in [-0.15, -0.1) is 0 Å². The van der Waals surface area contributed by atoms with Gasteiger partial charge in [-0.3, -0.25) is 14.5 Å². The zero-order valence-electron chi connectivity index (χ0n) is 18.5. The number of nitrogens with zero attached hydrogens (tertiary/aromatic N) is 3. The number of imide groups is 1. The number of carbonyl (C=O) groups excluding carboxylic acids is 2. The molecule has 2 heterocycles. The molecule has 0 radical (unpaired) electrons. The summed E-state index contributed by atoms with van der Waals surface area (Å²) >= 11 is 0. The molecule has 0 N–H and O–H groups in total. The summed E-state index contributed by atoms with van der Waals surface area (Å²) in [5, 5.41) is 1.86. The van der Waals surface area contributed by atoms with Crippen molar-refractivity contribution in [1.29, 1.82) is 0 Å². The first-order valence-corrected chi connectivity index (χ1v) is 11.4. The van der Waals surface area contributed by atoms with Gasteiger partial charge in [0.1, 0.15) is 0 Å². The molecule has 1 unspecified atom stereocenters. The minimum absolute atomic E-state index is 0.136. The van der Waals surface area contributed by atoms with E-state index < -0.39 is 0 Å². The second-order valence-electron chi connectivity index (χ2n) is 8.79. The lowest BCUT2D eigenvalue weighted by Gasteiger charge is -2.36. The maximum atomic E-state index is 13.4. The van der Waals surface area contributed by atoms with Gasteiger partial charge in [0.05, 0.1) is 0 Å². The number of carbonyl (C=O) groups is 2. The van der Waals surface area contributed by atoms with Gasteiger partial charge in [-0.25, -0.2) is 0 Å². The lowest BCUT2D eigenvalue weighted by molar-refractivity contribution is 0.0580. The van der Waals surface area contributed by atoms with E-state index in [1.165, 1.54) is 4.90 Å². The summed E-state index contributed by atoms with van der Waals surface area (Å²) in [7, 11) is 2.14. The standard InChI is InChI=1S/C25H33N3O2/c1-4-6-8-18(5-2)17-28-24(29)20-10-7-9-19-22(27-15-13-26(3)14-16-27)12-11-21(23(19)20)25(28)30/h7,9-12,18H,4-6,8,13-17H2,1-3H3. The topological polar surface area (TPSA) is 43.9 Å². The van der Waals surface area contributed by atoms with Crippen LogP contribution in [0.1, 0.15) is 60.2 Å². The number of piperazine rings is 1. The molecule has 4 rings (SSSR count). The van der Waals surface area contributed by atoms with Crippen molar-refractivity contribution < 1.29 is 9.59 Å². The van der Waals surface area contributed by atoms with Crippen molar-refractivity contribution in [2.75, 3.05) is 44.7 Å². The van der Waals surface area contributed by atoms with Gasteiger partial charge in [-0.05, 0) is 37.6 Å². The second kappa shape index (κ2) is 8.76. The molecule has 0 saturated carbocycles. The normalized spacial score (nSPS) is 18.4. The summed E-state index contributed by atoms with van der Waals surface area (Å²) in [5.74, 6) is 0.0929. The Morgan fingerprint density at radius 2 is 1.63 bits per heavy atom. The number of hydrogen-bond acceptors (Lipinski definition) is 4. The zero-order valence-corrected chi connectivity index (χ0v) is 18.5. The van der Waals surface area contributed by atoms with Gasteiger partial charge in [0.2, 0.25) is 0 Å². The van der Waals surface area contributed by atoms with E-state index in [4.69, 9.17) is 0 Å². The minimum atomic E-state index is -0.136. The molecule has 2 amide bonds. The lowest BCUT2D eigenvalue weighted by atomic mass is 9.91. The molecule has 160 valence electrons. The molecule has 1 fully saturated rings. The van der Waals surface area contributed by atoms with E-state index in [-0.39, 0.29) is 11.8 Å². The fraction of sp³-hybridized carbons (Fsp3) is 0.520. The summed E-state index contributed by atoms with van der Waals surface area (Å²) in [6, 6.07) is 9.92. The van der Waals surface area contributed by atoms with Crippen molar-refractivity contribution in [3.05, 3.63) is 41.5 Å². The number of anilines is 1. The van der Waals surface area contributed by atoms with Crippen LogP contribution in [-0.2, 0) is 0 Å². The van der Waals surface area contributed by atoms with Crippen LogP contribution in [-0.4, -0.2) is 61.4 Å². The predicted molar refractivity (Wildman–Crippen MR) is 122 cm³/mol. The van der Waals surface area contributed by atoms with E-state index in [1.54, 1.807) is 0 Å². The first kappa shape index (κ1) is 20.9. The molecule has 5 heteroatoms. The van der Waals surface area contributed by atoms with Gasteiger partial charge in [0.15, 0.2) is 0 Å². The molecule has 2 aromatic carbocycles. The van der Waals surface area contributed by atoms with E-state index >= 15 is 0 Å². The van der Waals surface area contributed by atoms with Gasteiger partial charge in [-0.1, -0.05) is 45.2 Å². The minimum Gasteiger partial charge on any atom is -0.368 e. The molecular formula is C25H33N3O2. The van der Waals surface area contributed by atoms with Crippen molar-refractivity contribution in [1.82, 2.24) is 9.80 Å². The van der Waals surface area contributed by atoms with Crippen LogP contribution in [0.5, 0.6) is 0 Å². The maximum Gasteiger partial charge on any atom is 0.261 e. The predicted octanol–water partition coefficient (Wildman–Crippen LogP) is 4.40. The number of amides is 2. The molecule has 2 aromatic rings. The van der Waals surface area contributed by atoms with Crippen molar-refractivity contribution in [3.8, 4) is 0 Å². The second-order valence-corrected chi connectivity index (χ2v) is 8.79.